The molecule has 4 aromatic rings. The summed E-state index contributed by atoms with van der Waals surface area (Å²) in [5.41, 5.74) is 10.5. The van der Waals surface area contributed by atoms with Crippen LogP contribution in [0.25, 0.3) is 33.2 Å². The van der Waals surface area contributed by atoms with Gasteiger partial charge in [0.25, 0.3) is 0 Å². The fourth-order valence-corrected chi connectivity index (χ4v) is 15.2. The fraction of sp³-hybridized carbons (Fsp3) is 0.432. The van der Waals surface area contributed by atoms with Crippen molar-refractivity contribution in [2.75, 3.05) is 0 Å². The highest BCUT2D eigenvalue weighted by atomic mass is 28.3. The molecule has 0 bridgehead atoms. The molecule has 204 valence electrons. The highest BCUT2D eigenvalue weighted by Gasteiger charge is 2.44. The van der Waals surface area contributed by atoms with Crippen LogP contribution in [0, 0.1) is 6.92 Å². The molecule has 1 aliphatic carbocycles. The molecule has 0 unspecified atom stereocenters. The Hall–Kier alpha value is -2.71. The van der Waals surface area contributed by atoms with Crippen LogP contribution in [-0.2, 0) is 7.05 Å². The van der Waals surface area contributed by atoms with E-state index in [2.05, 4.69) is 133 Å². The third-order valence-electron chi connectivity index (χ3n) is 10.1. The number of hydrogen-bond acceptors (Lipinski definition) is 0. The van der Waals surface area contributed by atoms with E-state index in [-0.39, 0.29) is 0 Å². The van der Waals surface area contributed by atoms with Crippen molar-refractivity contribution >= 4 is 24.0 Å². The van der Waals surface area contributed by atoms with E-state index >= 15 is 0 Å². The van der Waals surface area contributed by atoms with Crippen molar-refractivity contribution in [1.82, 2.24) is 0 Å². The molecular formula is C37H48NSi+. The van der Waals surface area contributed by atoms with Crippen LogP contribution >= 0.6 is 0 Å². The second-order valence-electron chi connectivity index (χ2n) is 13.1. The summed E-state index contributed by atoms with van der Waals surface area (Å²) in [5, 5.41) is 4.37. The lowest BCUT2D eigenvalue weighted by Crippen LogP contribution is -2.55. The molecule has 1 aliphatic rings. The van der Waals surface area contributed by atoms with E-state index in [1.54, 1.807) is 10.8 Å². The molecule has 1 aromatic heterocycles. The van der Waals surface area contributed by atoms with Crippen LogP contribution in [0.15, 0.2) is 72.9 Å². The molecule has 0 saturated heterocycles. The number of benzene rings is 3. The van der Waals surface area contributed by atoms with Crippen molar-refractivity contribution in [3.8, 4) is 22.4 Å². The summed E-state index contributed by atoms with van der Waals surface area (Å²) in [7, 11) is 0.495. The molecule has 2 heteroatoms. The number of nitrogens with zero attached hydrogens (tertiary/aromatic N) is 1. The number of fused-ring (bicyclic) bond motifs is 1. The molecule has 1 saturated carbocycles. The van der Waals surface area contributed by atoms with Gasteiger partial charge in [-0.25, -0.2) is 4.57 Å². The van der Waals surface area contributed by atoms with E-state index in [1.807, 2.05) is 0 Å². The van der Waals surface area contributed by atoms with Gasteiger partial charge in [0.1, 0.15) is 7.05 Å². The lowest BCUT2D eigenvalue weighted by molar-refractivity contribution is -0.659. The summed E-state index contributed by atoms with van der Waals surface area (Å²) in [4.78, 5) is 0. The maximum Gasteiger partial charge on any atom is 0.220 e. The summed E-state index contributed by atoms with van der Waals surface area (Å²) in [6.07, 6.45) is 7.63. The van der Waals surface area contributed by atoms with Crippen molar-refractivity contribution in [3.63, 3.8) is 0 Å². The lowest BCUT2D eigenvalue weighted by Gasteiger charge is -2.43. The monoisotopic (exact) mass is 534 g/mol. The van der Waals surface area contributed by atoms with Crippen LogP contribution in [0.3, 0.4) is 0 Å². The molecule has 0 atom stereocenters. The Labute approximate surface area is 238 Å². The Bertz CT molecular complexity index is 1440. The van der Waals surface area contributed by atoms with Gasteiger partial charge in [-0.1, -0.05) is 108 Å². The second kappa shape index (κ2) is 11.0. The third kappa shape index (κ3) is 4.80. The summed E-state index contributed by atoms with van der Waals surface area (Å²) in [6, 6.07) is 25.8. The summed E-state index contributed by atoms with van der Waals surface area (Å²) in [6.45, 7) is 17.2. The molecule has 0 aliphatic heterocycles. The quantitative estimate of drug-likeness (QED) is 0.164. The lowest BCUT2D eigenvalue weighted by atomic mass is 9.85. The molecule has 1 fully saturated rings. The van der Waals surface area contributed by atoms with Gasteiger partial charge in [0.15, 0.2) is 6.20 Å². The minimum Gasteiger partial charge on any atom is -0.200 e. The van der Waals surface area contributed by atoms with Crippen molar-refractivity contribution in [2.24, 2.45) is 7.05 Å². The van der Waals surface area contributed by atoms with Crippen molar-refractivity contribution in [1.29, 1.82) is 0 Å². The molecular weight excluding hydrogens is 487 g/mol. The maximum atomic E-state index is 2.57. The highest BCUT2D eigenvalue weighted by molar-refractivity contribution is 6.95. The summed E-state index contributed by atoms with van der Waals surface area (Å²) in [5.74, 6) is 0.675. The van der Waals surface area contributed by atoms with Gasteiger partial charge in [-0.2, -0.15) is 0 Å². The first kappa shape index (κ1) is 27.8. The number of aryl methyl sites for hydroxylation is 1. The minimum absolute atomic E-state index is 0.675. The fourth-order valence-electron chi connectivity index (χ4n) is 8.42. The zero-order valence-corrected chi connectivity index (χ0v) is 26.5. The highest BCUT2D eigenvalue weighted by Crippen LogP contribution is 2.43. The zero-order valence-electron chi connectivity index (χ0n) is 25.5. The molecule has 0 amide bonds. The van der Waals surface area contributed by atoms with Gasteiger partial charge in [-0.3, -0.25) is 0 Å². The number of rotatable bonds is 7. The first-order valence-electron chi connectivity index (χ1n) is 15.3. The number of hydrogen-bond donors (Lipinski definition) is 0. The van der Waals surface area contributed by atoms with E-state index in [4.69, 9.17) is 0 Å². The molecule has 39 heavy (non-hydrogen) atoms. The SMILES string of the molecule is Cc1c(-c2c3ccc([Si](C(C)C)(C(C)C)C(C)C)cc3cc[n+]2C)cc(-c2ccccc2)cc1C1CCCC1. The topological polar surface area (TPSA) is 3.88 Å². The third-order valence-corrected chi connectivity index (χ3v) is 17.2. The number of aromatic nitrogens is 1. The van der Waals surface area contributed by atoms with Crippen LogP contribution in [0.2, 0.25) is 16.6 Å². The van der Waals surface area contributed by atoms with E-state index in [1.165, 1.54) is 64.4 Å². The molecule has 0 N–H and O–H groups in total. The van der Waals surface area contributed by atoms with Crippen molar-refractivity contribution in [2.45, 2.75) is 96.7 Å². The smallest absolute Gasteiger partial charge is 0.200 e. The van der Waals surface area contributed by atoms with Gasteiger partial charge in [0.05, 0.1) is 19.0 Å². The Morgan fingerprint density at radius 1 is 0.744 bits per heavy atom. The van der Waals surface area contributed by atoms with Crippen molar-refractivity contribution < 1.29 is 4.57 Å². The predicted octanol–water partition coefficient (Wildman–Crippen LogP) is 9.85. The predicted molar refractivity (Wildman–Crippen MR) is 173 cm³/mol. The van der Waals surface area contributed by atoms with E-state index in [0.29, 0.717) is 22.5 Å². The van der Waals surface area contributed by atoms with E-state index in [0.717, 1.165) is 0 Å². The normalized spacial score (nSPS) is 14.8. The zero-order chi connectivity index (χ0) is 27.9. The minimum atomic E-state index is -1.73. The van der Waals surface area contributed by atoms with E-state index in [9.17, 15) is 0 Å². The molecule has 5 rings (SSSR count). The van der Waals surface area contributed by atoms with E-state index < -0.39 is 8.07 Å². The van der Waals surface area contributed by atoms with Crippen LogP contribution < -0.4 is 9.75 Å². The molecule has 1 heterocycles. The Morgan fingerprint density at radius 2 is 1.38 bits per heavy atom. The average molecular weight is 535 g/mol. The second-order valence-corrected chi connectivity index (χ2v) is 19.0. The van der Waals surface area contributed by atoms with Crippen molar-refractivity contribution in [3.05, 3.63) is 84.1 Å². The van der Waals surface area contributed by atoms with Crippen LogP contribution in [0.4, 0.5) is 0 Å². The molecule has 1 nitrogen and oxygen atoms in total. The van der Waals surface area contributed by atoms with Gasteiger partial charge < -0.3 is 0 Å². The Morgan fingerprint density at radius 3 is 2.00 bits per heavy atom. The van der Waals surface area contributed by atoms with Gasteiger partial charge in [-0.05, 0) is 82.1 Å². The molecule has 0 spiro atoms. The standard InChI is InChI=1S/C37H48NSi/c1-25(2)39(26(3)4,27(5)6)33-18-19-34-31(22-33)20-21-38(8)37(34)36-24-32(29-14-10-9-11-15-29)23-35(28(36)7)30-16-12-13-17-30/h9-11,14-15,18-27,30H,12-13,16-17H2,1-8H3/q+1. The van der Waals surface area contributed by atoms with Gasteiger partial charge in [-0.15, -0.1) is 0 Å². The van der Waals surface area contributed by atoms with Crippen LogP contribution in [0.5, 0.6) is 0 Å². The molecule has 0 radical (unpaired) electrons. The first-order valence-corrected chi connectivity index (χ1v) is 17.5. The summed E-state index contributed by atoms with van der Waals surface area (Å²) >= 11 is 0. The summed E-state index contributed by atoms with van der Waals surface area (Å²) < 4.78 is 2.36. The van der Waals surface area contributed by atoms with Crippen LogP contribution in [0.1, 0.15) is 84.3 Å². The largest absolute Gasteiger partial charge is 0.220 e. The van der Waals surface area contributed by atoms with Crippen LogP contribution in [-0.4, -0.2) is 8.07 Å². The maximum absolute atomic E-state index is 2.57. The van der Waals surface area contributed by atoms with Gasteiger partial charge in [0.2, 0.25) is 5.69 Å². The average Bonchev–Trinajstić information content (AvgIpc) is 3.44. The van der Waals surface area contributed by atoms with Gasteiger partial charge >= 0.3 is 0 Å². The Balaban J connectivity index is 1.76. The Kier molecular flexibility index (Phi) is 7.88. The molecule has 3 aromatic carbocycles. The first-order chi connectivity index (χ1) is 18.7. The van der Waals surface area contributed by atoms with Gasteiger partial charge in [0, 0.05) is 6.07 Å². The number of pyridine rings is 1.